The monoisotopic (exact) mass is 431 g/mol. The molecule has 0 aliphatic carbocycles. The Hall–Kier alpha value is -3.35. The zero-order valence-corrected chi connectivity index (χ0v) is 18.7. The van der Waals surface area contributed by atoms with Crippen LogP contribution in [0.25, 0.3) is 11.1 Å². The summed E-state index contributed by atoms with van der Waals surface area (Å²) in [6.45, 7) is 7.94. The number of fused-ring (bicyclic) bond motifs is 1. The number of pyridine rings is 1. The molecule has 32 heavy (non-hydrogen) atoms. The zero-order chi connectivity index (χ0) is 22.7. The van der Waals surface area contributed by atoms with Crippen LogP contribution in [-0.2, 0) is 10.2 Å². The van der Waals surface area contributed by atoms with Crippen LogP contribution in [0.5, 0.6) is 0 Å². The Morgan fingerprint density at radius 1 is 1.25 bits per heavy atom. The molecule has 0 saturated heterocycles. The molecule has 7 heteroatoms. The fraction of sp³-hybridized carbons (Fsp3) is 0.360. The van der Waals surface area contributed by atoms with Crippen molar-refractivity contribution in [2.45, 2.75) is 57.7 Å². The van der Waals surface area contributed by atoms with Gasteiger partial charge in [0.05, 0.1) is 23.4 Å². The molecule has 0 saturated carbocycles. The molecule has 6 nitrogen and oxygen atoms in total. The van der Waals surface area contributed by atoms with Gasteiger partial charge in [-0.05, 0) is 50.5 Å². The molecule has 1 aromatic carbocycles. The predicted octanol–water partition coefficient (Wildman–Crippen LogP) is 4.68. The van der Waals surface area contributed by atoms with Gasteiger partial charge in [-0.1, -0.05) is 25.1 Å². The van der Waals surface area contributed by atoms with Crippen molar-refractivity contribution in [3.8, 4) is 11.1 Å². The van der Waals surface area contributed by atoms with Crippen LogP contribution in [0.1, 0.15) is 44.9 Å². The molecule has 1 amide bonds. The van der Waals surface area contributed by atoms with E-state index in [1.54, 1.807) is 12.3 Å². The second-order valence-electron chi connectivity index (χ2n) is 9.38. The van der Waals surface area contributed by atoms with Gasteiger partial charge in [-0.3, -0.25) is 9.78 Å². The lowest BCUT2D eigenvalue weighted by Crippen LogP contribution is -2.58. The molecule has 0 radical (unpaired) electrons. The van der Waals surface area contributed by atoms with E-state index in [0.29, 0.717) is 24.0 Å². The maximum atomic E-state index is 14.7. The van der Waals surface area contributed by atoms with Gasteiger partial charge >= 0.3 is 0 Å². The summed E-state index contributed by atoms with van der Waals surface area (Å²) in [7, 11) is 0. The summed E-state index contributed by atoms with van der Waals surface area (Å²) < 4.78 is 14.7. The van der Waals surface area contributed by atoms with Crippen LogP contribution in [-0.4, -0.2) is 22.6 Å². The molecule has 3 aliphatic rings. The molecule has 2 aromatic rings. The fourth-order valence-electron chi connectivity index (χ4n) is 5.32. The Balaban J connectivity index is 1.74. The summed E-state index contributed by atoms with van der Waals surface area (Å²) in [6, 6.07) is 9.56. The van der Waals surface area contributed by atoms with E-state index in [1.165, 1.54) is 6.20 Å². The predicted molar refractivity (Wildman–Crippen MR) is 120 cm³/mol. The highest BCUT2D eigenvalue weighted by atomic mass is 19.1. The lowest BCUT2D eigenvalue weighted by Gasteiger charge is -2.48. The van der Waals surface area contributed by atoms with Gasteiger partial charge < -0.3 is 10.6 Å². The van der Waals surface area contributed by atoms with Crippen molar-refractivity contribution >= 4 is 5.91 Å². The van der Waals surface area contributed by atoms with Crippen LogP contribution in [0, 0.1) is 12.7 Å². The molecule has 0 spiro atoms. The molecule has 2 N–H and O–H groups in total. The third-order valence-corrected chi connectivity index (χ3v) is 6.69. The van der Waals surface area contributed by atoms with E-state index >= 15 is 0 Å². The quantitative estimate of drug-likeness (QED) is 0.741. The molecule has 1 aromatic heterocycles. The number of carbonyl (C=O) groups excluding carboxylic acids is 1. The average Bonchev–Trinajstić information content (AvgIpc) is 3.22. The van der Waals surface area contributed by atoms with E-state index in [2.05, 4.69) is 32.8 Å². The summed E-state index contributed by atoms with van der Waals surface area (Å²) in [5.41, 5.74) is 4.40. The number of halogens is 1. The van der Waals surface area contributed by atoms with Crippen LogP contribution in [0.3, 0.4) is 0 Å². The van der Waals surface area contributed by atoms with Gasteiger partial charge in [-0.15, -0.1) is 0 Å². The number of aromatic nitrogens is 1. The van der Waals surface area contributed by atoms with Crippen molar-refractivity contribution in [1.82, 2.24) is 15.6 Å². The van der Waals surface area contributed by atoms with Crippen LogP contribution < -0.4 is 10.6 Å². The van der Waals surface area contributed by atoms with Crippen molar-refractivity contribution in [3.05, 3.63) is 76.6 Å². The summed E-state index contributed by atoms with van der Waals surface area (Å²) in [5, 5.41) is 15.2. The maximum absolute atomic E-state index is 14.7. The smallest absolute Gasteiger partial charge is 0.250 e. The molecule has 4 heterocycles. The molecule has 3 aliphatic heterocycles. The number of hydrogen-bond acceptors (Lipinski definition) is 5. The van der Waals surface area contributed by atoms with Gasteiger partial charge in [0.2, 0.25) is 0 Å². The largest absolute Gasteiger partial charge is 0.362 e. The van der Waals surface area contributed by atoms with Crippen LogP contribution in [0.2, 0.25) is 0 Å². The first-order chi connectivity index (χ1) is 15.2. The van der Waals surface area contributed by atoms with E-state index in [1.807, 2.05) is 45.0 Å². The molecular formula is C25H26FN5O. The van der Waals surface area contributed by atoms with Crippen molar-refractivity contribution < 1.29 is 9.18 Å². The Morgan fingerprint density at radius 2 is 2.06 bits per heavy atom. The Kier molecular flexibility index (Phi) is 4.55. The number of azo groups is 1. The standard InChI is InChI=1S/C25H26FN5O/c1-5-25(16-8-6-7-15(10-16)17-9-14(2)27-13-19(17)26)18-12-28-31-22(18)29-20-11-24(3,4)30-23(32)21(20)25/h6-10,12-13,22,29H,5,11H2,1-4H3,(H,30,32). The number of benzene rings is 1. The summed E-state index contributed by atoms with van der Waals surface area (Å²) in [5.74, 6) is -0.461. The number of hydrogen-bond donors (Lipinski definition) is 2. The van der Waals surface area contributed by atoms with Gasteiger partial charge in [0.25, 0.3) is 5.91 Å². The topological polar surface area (TPSA) is 78.7 Å². The highest BCUT2D eigenvalue weighted by Gasteiger charge is 2.53. The molecular weight excluding hydrogens is 405 g/mol. The van der Waals surface area contributed by atoms with Gasteiger partial charge in [-0.25, -0.2) is 4.39 Å². The van der Waals surface area contributed by atoms with E-state index in [-0.39, 0.29) is 23.4 Å². The second kappa shape index (κ2) is 7.08. The molecule has 5 rings (SSSR count). The molecule has 2 atom stereocenters. The maximum Gasteiger partial charge on any atom is 0.250 e. The molecule has 2 unspecified atom stereocenters. The lowest BCUT2D eigenvalue weighted by atomic mass is 9.62. The van der Waals surface area contributed by atoms with Gasteiger partial charge in [-0.2, -0.15) is 10.2 Å². The molecule has 0 bridgehead atoms. The normalized spacial score (nSPS) is 25.6. The first kappa shape index (κ1) is 20.5. The Morgan fingerprint density at radius 3 is 2.84 bits per heavy atom. The third-order valence-electron chi connectivity index (χ3n) is 6.69. The van der Waals surface area contributed by atoms with Gasteiger partial charge in [0.1, 0.15) is 5.82 Å². The zero-order valence-electron chi connectivity index (χ0n) is 18.7. The summed E-state index contributed by atoms with van der Waals surface area (Å²) >= 11 is 0. The first-order valence-electron chi connectivity index (χ1n) is 10.9. The average molecular weight is 432 g/mol. The first-order valence-corrected chi connectivity index (χ1v) is 10.9. The molecule has 164 valence electrons. The third kappa shape index (κ3) is 2.98. The lowest BCUT2D eigenvalue weighted by molar-refractivity contribution is -0.120. The Bertz CT molecular complexity index is 1230. The van der Waals surface area contributed by atoms with E-state index in [0.717, 1.165) is 28.1 Å². The minimum atomic E-state index is -0.704. The minimum Gasteiger partial charge on any atom is -0.362 e. The van der Waals surface area contributed by atoms with Crippen LogP contribution in [0.4, 0.5) is 4.39 Å². The van der Waals surface area contributed by atoms with E-state index < -0.39 is 5.41 Å². The minimum absolute atomic E-state index is 0.0896. The number of nitrogens with zero attached hydrogens (tertiary/aromatic N) is 3. The number of nitrogens with one attached hydrogen (secondary N) is 2. The summed E-state index contributed by atoms with van der Waals surface area (Å²) in [4.78, 5) is 17.5. The van der Waals surface area contributed by atoms with Crippen molar-refractivity contribution in [2.24, 2.45) is 10.2 Å². The van der Waals surface area contributed by atoms with Crippen LogP contribution >= 0.6 is 0 Å². The molecule has 0 fully saturated rings. The van der Waals surface area contributed by atoms with Gasteiger partial charge in [0.15, 0.2) is 6.17 Å². The number of carbonyl (C=O) groups is 1. The number of aryl methyl sites for hydroxylation is 1. The second-order valence-corrected chi connectivity index (χ2v) is 9.38. The van der Waals surface area contributed by atoms with E-state index in [9.17, 15) is 9.18 Å². The van der Waals surface area contributed by atoms with Crippen molar-refractivity contribution in [1.29, 1.82) is 0 Å². The van der Waals surface area contributed by atoms with Crippen LogP contribution in [0.15, 0.2) is 69.8 Å². The number of amides is 1. The highest BCUT2D eigenvalue weighted by Crippen LogP contribution is 2.51. The van der Waals surface area contributed by atoms with E-state index in [4.69, 9.17) is 0 Å². The SMILES string of the molecule is CCC1(c2cccc(-c3cc(C)ncc3F)c2)C2=CN=NC2NC2=C1C(=O)NC(C)(C)C2. The summed E-state index contributed by atoms with van der Waals surface area (Å²) in [6.07, 6.45) is 4.03. The number of rotatable bonds is 3. The van der Waals surface area contributed by atoms with Gasteiger partial charge in [0, 0.05) is 34.5 Å². The fourth-order valence-corrected chi connectivity index (χ4v) is 5.32. The highest BCUT2D eigenvalue weighted by molar-refractivity contribution is 6.00. The van der Waals surface area contributed by atoms with Crippen molar-refractivity contribution in [2.75, 3.05) is 0 Å². The Labute approximate surface area is 186 Å². The van der Waals surface area contributed by atoms with Crippen molar-refractivity contribution in [3.63, 3.8) is 0 Å².